The van der Waals surface area contributed by atoms with Gasteiger partial charge in [-0.05, 0) is 29.8 Å². The lowest BCUT2D eigenvalue weighted by Gasteiger charge is -2.14. The van der Waals surface area contributed by atoms with Crippen molar-refractivity contribution in [2.24, 2.45) is 0 Å². The van der Waals surface area contributed by atoms with Crippen molar-refractivity contribution in [3.63, 3.8) is 0 Å². The van der Waals surface area contributed by atoms with Gasteiger partial charge in [-0.15, -0.1) is 0 Å². The SMILES string of the molecule is COC(=O)c1ccccc1COC(=O)Cc1ccccc1Nc1c(Cl)cccc1Cl. The second-order valence-corrected chi connectivity index (χ2v) is 7.18. The fraction of sp³-hybridized carbons (Fsp3) is 0.130. The van der Waals surface area contributed by atoms with Crippen LogP contribution in [0.5, 0.6) is 0 Å². The fourth-order valence-electron chi connectivity index (χ4n) is 2.87. The van der Waals surface area contributed by atoms with Gasteiger partial charge in [-0.25, -0.2) is 4.79 Å². The van der Waals surface area contributed by atoms with Crippen LogP contribution in [0.4, 0.5) is 11.4 Å². The van der Waals surface area contributed by atoms with Crippen molar-refractivity contribution >= 4 is 46.5 Å². The number of para-hydroxylation sites is 2. The maximum atomic E-state index is 12.5. The molecule has 0 unspecified atom stereocenters. The summed E-state index contributed by atoms with van der Waals surface area (Å²) in [6.45, 7) is -0.0317. The number of nitrogens with one attached hydrogen (secondary N) is 1. The zero-order valence-corrected chi connectivity index (χ0v) is 17.7. The minimum Gasteiger partial charge on any atom is -0.465 e. The number of halogens is 2. The molecule has 0 radical (unpaired) electrons. The third-order valence-electron chi connectivity index (χ3n) is 4.39. The van der Waals surface area contributed by atoms with E-state index in [1.807, 2.05) is 24.3 Å². The number of hydrogen-bond acceptors (Lipinski definition) is 5. The maximum absolute atomic E-state index is 12.5. The van der Waals surface area contributed by atoms with Gasteiger partial charge in [-0.1, -0.05) is 65.7 Å². The monoisotopic (exact) mass is 443 g/mol. The molecule has 0 aliphatic heterocycles. The highest BCUT2D eigenvalue weighted by Gasteiger charge is 2.15. The molecule has 30 heavy (non-hydrogen) atoms. The summed E-state index contributed by atoms with van der Waals surface area (Å²) in [6, 6.07) is 19.4. The molecule has 0 heterocycles. The van der Waals surface area contributed by atoms with Gasteiger partial charge in [-0.2, -0.15) is 0 Å². The van der Waals surface area contributed by atoms with Crippen molar-refractivity contribution in [1.29, 1.82) is 0 Å². The van der Waals surface area contributed by atoms with Crippen LogP contribution in [-0.4, -0.2) is 19.0 Å². The molecule has 0 saturated carbocycles. The lowest BCUT2D eigenvalue weighted by molar-refractivity contribution is -0.144. The van der Waals surface area contributed by atoms with Crippen LogP contribution < -0.4 is 5.32 Å². The normalized spacial score (nSPS) is 10.4. The zero-order chi connectivity index (χ0) is 21.5. The van der Waals surface area contributed by atoms with E-state index in [0.717, 1.165) is 5.56 Å². The topological polar surface area (TPSA) is 64.6 Å². The first kappa shape index (κ1) is 21.7. The number of carbonyl (C=O) groups is 2. The van der Waals surface area contributed by atoms with E-state index in [1.54, 1.807) is 42.5 Å². The molecule has 3 aromatic carbocycles. The third-order valence-corrected chi connectivity index (χ3v) is 5.02. The van der Waals surface area contributed by atoms with Crippen molar-refractivity contribution in [2.45, 2.75) is 13.0 Å². The summed E-state index contributed by atoms with van der Waals surface area (Å²) in [5.74, 6) is -0.915. The van der Waals surface area contributed by atoms with E-state index in [9.17, 15) is 9.59 Å². The molecule has 0 aromatic heterocycles. The second-order valence-electron chi connectivity index (χ2n) is 6.36. The second kappa shape index (κ2) is 10.1. The number of rotatable bonds is 7. The molecule has 0 aliphatic rings. The van der Waals surface area contributed by atoms with Crippen LogP contribution >= 0.6 is 23.2 Å². The van der Waals surface area contributed by atoms with E-state index in [0.29, 0.717) is 32.5 Å². The molecule has 0 amide bonds. The van der Waals surface area contributed by atoms with E-state index in [4.69, 9.17) is 32.7 Å². The van der Waals surface area contributed by atoms with Crippen LogP contribution in [-0.2, 0) is 27.3 Å². The highest BCUT2D eigenvalue weighted by Crippen LogP contribution is 2.33. The molecule has 3 aromatic rings. The first-order valence-corrected chi connectivity index (χ1v) is 9.86. The predicted octanol–water partition coefficient (Wildman–Crippen LogP) is 5.81. The Labute approximate surface area is 184 Å². The number of carbonyl (C=O) groups excluding carboxylic acids is 2. The Hall–Kier alpha value is -3.02. The molecule has 0 aliphatic carbocycles. The number of esters is 2. The van der Waals surface area contributed by atoms with Gasteiger partial charge in [0.2, 0.25) is 0 Å². The van der Waals surface area contributed by atoms with Crippen molar-refractivity contribution in [2.75, 3.05) is 12.4 Å². The van der Waals surface area contributed by atoms with Gasteiger partial charge in [0.25, 0.3) is 0 Å². The van der Waals surface area contributed by atoms with Gasteiger partial charge in [0.1, 0.15) is 6.61 Å². The van der Waals surface area contributed by atoms with Crippen LogP contribution in [0.1, 0.15) is 21.5 Å². The quantitative estimate of drug-likeness (QED) is 0.466. The Morgan fingerprint density at radius 2 is 1.50 bits per heavy atom. The van der Waals surface area contributed by atoms with Crippen molar-refractivity contribution in [1.82, 2.24) is 0 Å². The van der Waals surface area contributed by atoms with Crippen molar-refractivity contribution < 1.29 is 19.1 Å². The fourth-order valence-corrected chi connectivity index (χ4v) is 3.36. The molecule has 1 N–H and O–H groups in total. The van der Waals surface area contributed by atoms with E-state index in [1.165, 1.54) is 7.11 Å². The molecule has 7 heteroatoms. The largest absolute Gasteiger partial charge is 0.465 e. The number of benzene rings is 3. The van der Waals surface area contributed by atoms with Crippen LogP contribution in [0, 0.1) is 0 Å². The number of ether oxygens (including phenoxy) is 2. The van der Waals surface area contributed by atoms with Gasteiger partial charge in [0.05, 0.1) is 34.8 Å². The predicted molar refractivity (Wildman–Crippen MR) is 117 cm³/mol. The average molecular weight is 444 g/mol. The highest BCUT2D eigenvalue weighted by atomic mass is 35.5. The molecule has 0 fully saturated rings. The Balaban J connectivity index is 1.71. The average Bonchev–Trinajstić information content (AvgIpc) is 2.75. The molecular formula is C23H19Cl2NO4. The smallest absolute Gasteiger partial charge is 0.338 e. The Kier molecular flexibility index (Phi) is 7.33. The number of methoxy groups -OCH3 is 1. The summed E-state index contributed by atoms with van der Waals surface area (Å²) in [5, 5.41) is 4.13. The highest BCUT2D eigenvalue weighted by molar-refractivity contribution is 6.39. The first-order valence-electron chi connectivity index (χ1n) is 9.10. The minimum absolute atomic E-state index is 0.0317. The van der Waals surface area contributed by atoms with Crippen molar-refractivity contribution in [3.8, 4) is 0 Å². The summed E-state index contributed by atoms with van der Waals surface area (Å²) in [7, 11) is 1.31. The van der Waals surface area contributed by atoms with Gasteiger partial charge in [0.15, 0.2) is 0 Å². The standard InChI is InChI=1S/C23H19Cl2NO4/c1-29-23(28)17-9-4-2-8-16(17)14-30-21(27)13-15-7-3-5-12-20(15)26-22-18(24)10-6-11-19(22)25/h2-12,26H,13-14H2,1H3. The number of anilines is 2. The molecule has 0 spiro atoms. The summed E-state index contributed by atoms with van der Waals surface area (Å²) < 4.78 is 10.2. The van der Waals surface area contributed by atoms with Crippen LogP contribution in [0.3, 0.4) is 0 Å². The summed E-state index contributed by atoms with van der Waals surface area (Å²) in [4.78, 5) is 24.3. The Bertz CT molecular complexity index is 1050. The van der Waals surface area contributed by atoms with Gasteiger partial charge in [0, 0.05) is 11.3 Å². The Morgan fingerprint density at radius 1 is 0.867 bits per heavy atom. The minimum atomic E-state index is -0.479. The molecular weight excluding hydrogens is 425 g/mol. The van der Waals surface area contributed by atoms with Crippen LogP contribution in [0.2, 0.25) is 10.0 Å². The molecule has 154 valence electrons. The molecule has 0 bridgehead atoms. The molecule has 3 rings (SSSR count). The van der Waals surface area contributed by atoms with Crippen LogP contribution in [0.15, 0.2) is 66.7 Å². The van der Waals surface area contributed by atoms with E-state index in [2.05, 4.69) is 5.32 Å². The summed E-state index contributed by atoms with van der Waals surface area (Å²) >= 11 is 12.5. The van der Waals surface area contributed by atoms with E-state index < -0.39 is 11.9 Å². The Morgan fingerprint density at radius 3 is 2.20 bits per heavy atom. The molecule has 0 saturated heterocycles. The molecule has 0 atom stereocenters. The molecule has 5 nitrogen and oxygen atoms in total. The zero-order valence-electron chi connectivity index (χ0n) is 16.2. The lowest BCUT2D eigenvalue weighted by Crippen LogP contribution is -2.12. The summed E-state index contributed by atoms with van der Waals surface area (Å²) in [5.41, 5.74) is 2.92. The van der Waals surface area contributed by atoms with Gasteiger partial charge >= 0.3 is 11.9 Å². The van der Waals surface area contributed by atoms with E-state index in [-0.39, 0.29) is 13.0 Å². The number of hydrogen-bond donors (Lipinski definition) is 1. The summed E-state index contributed by atoms with van der Waals surface area (Å²) in [6.07, 6.45) is 0.0334. The van der Waals surface area contributed by atoms with Gasteiger partial charge < -0.3 is 14.8 Å². The van der Waals surface area contributed by atoms with E-state index >= 15 is 0 Å². The van der Waals surface area contributed by atoms with Crippen LogP contribution in [0.25, 0.3) is 0 Å². The third kappa shape index (κ3) is 5.32. The lowest BCUT2D eigenvalue weighted by atomic mass is 10.1. The van der Waals surface area contributed by atoms with Crippen molar-refractivity contribution in [3.05, 3.63) is 93.5 Å². The first-order chi connectivity index (χ1) is 14.5. The van der Waals surface area contributed by atoms with Gasteiger partial charge in [-0.3, -0.25) is 4.79 Å². The maximum Gasteiger partial charge on any atom is 0.338 e.